The number of nitriles is 1. The summed E-state index contributed by atoms with van der Waals surface area (Å²) in [7, 11) is 0. The van der Waals surface area contributed by atoms with Gasteiger partial charge in [0.15, 0.2) is 0 Å². The van der Waals surface area contributed by atoms with Crippen LogP contribution in [0.25, 0.3) is 0 Å². The predicted octanol–water partition coefficient (Wildman–Crippen LogP) is 4.06. The fourth-order valence-corrected chi connectivity index (χ4v) is 4.14. The number of halogens is 1. The van der Waals surface area contributed by atoms with Crippen molar-refractivity contribution >= 4 is 35.2 Å². The minimum absolute atomic E-state index is 0.0244. The van der Waals surface area contributed by atoms with Crippen molar-refractivity contribution < 1.29 is 9.59 Å². The number of nitrogens with zero attached hydrogens (tertiary/aromatic N) is 2. The first kappa shape index (κ1) is 21.3. The molecule has 5 nitrogen and oxygen atoms in total. The molecule has 1 N–H and O–H groups in total. The van der Waals surface area contributed by atoms with Crippen LogP contribution < -0.4 is 5.32 Å². The number of allylic oxidation sites excluding steroid dienone is 1. The van der Waals surface area contributed by atoms with Crippen molar-refractivity contribution in [1.82, 2.24) is 10.2 Å². The van der Waals surface area contributed by atoms with E-state index < -0.39 is 0 Å². The Hall–Kier alpha value is -1.97. The van der Waals surface area contributed by atoms with Crippen molar-refractivity contribution in [2.75, 3.05) is 18.8 Å². The molecule has 2 rings (SSSR count). The molecule has 0 fully saturated rings. The van der Waals surface area contributed by atoms with Crippen molar-refractivity contribution in [3.05, 3.63) is 45.5 Å². The summed E-state index contributed by atoms with van der Waals surface area (Å²) in [5, 5.41) is 13.5. The third-order valence-corrected chi connectivity index (χ3v) is 5.56. The standard InChI is InChI=1S/C20H24ClN3O2S/c1-3-9-24(10-4-2)19(26)13-27-20-17(12-22)16(11-18(25)23-20)14-5-7-15(21)8-6-14/h5-8,16H,3-4,9-11,13H2,1-2H3,(H,23,25)/t16-/m0/s1. The molecule has 1 atom stereocenters. The second-order valence-electron chi connectivity index (χ2n) is 6.38. The van der Waals surface area contributed by atoms with Crippen LogP contribution in [-0.2, 0) is 9.59 Å². The summed E-state index contributed by atoms with van der Waals surface area (Å²) in [6, 6.07) is 9.40. The molecule has 0 aliphatic carbocycles. The van der Waals surface area contributed by atoms with Crippen LogP contribution in [0.3, 0.4) is 0 Å². The molecule has 0 aromatic heterocycles. The van der Waals surface area contributed by atoms with E-state index in [1.807, 2.05) is 30.9 Å². The Kier molecular flexibility index (Phi) is 8.21. The van der Waals surface area contributed by atoms with Crippen LogP contribution in [0.4, 0.5) is 0 Å². The van der Waals surface area contributed by atoms with E-state index in [2.05, 4.69) is 11.4 Å². The minimum atomic E-state index is -0.319. The smallest absolute Gasteiger partial charge is 0.232 e. The lowest BCUT2D eigenvalue weighted by Crippen LogP contribution is -2.35. The second kappa shape index (κ2) is 10.4. The summed E-state index contributed by atoms with van der Waals surface area (Å²) >= 11 is 7.17. The van der Waals surface area contributed by atoms with Gasteiger partial charge in [-0.1, -0.05) is 49.3 Å². The van der Waals surface area contributed by atoms with Crippen LogP contribution in [0.2, 0.25) is 5.02 Å². The lowest BCUT2D eigenvalue weighted by molar-refractivity contribution is -0.128. The average molecular weight is 406 g/mol. The molecule has 7 heteroatoms. The fourth-order valence-electron chi connectivity index (χ4n) is 3.04. The normalized spacial score (nSPS) is 16.7. The predicted molar refractivity (Wildman–Crippen MR) is 109 cm³/mol. The monoisotopic (exact) mass is 405 g/mol. The number of benzene rings is 1. The molecule has 2 amide bonds. The number of carbonyl (C=O) groups is 2. The number of thioether (sulfide) groups is 1. The Morgan fingerprint density at radius 2 is 1.93 bits per heavy atom. The summed E-state index contributed by atoms with van der Waals surface area (Å²) in [4.78, 5) is 26.5. The quantitative estimate of drug-likeness (QED) is 0.707. The van der Waals surface area contributed by atoms with Crippen molar-refractivity contribution in [3.8, 4) is 6.07 Å². The lowest BCUT2D eigenvalue weighted by Gasteiger charge is -2.26. The highest BCUT2D eigenvalue weighted by Crippen LogP contribution is 2.36. The second-order valence-corrected chi connectivity index (χ2v) is 7.80. The van der Waals surface area contributed by atoms with Gasteiger partial charge in [0.05, 0.1) is 22.4 Å². The Morgan fingerprint density at radius 1 is 1.30 bits per heavy atom. The van der Waals surface area contributed by atoms with Gasteiger partial charge in [0.25, 0.3) is 0 Å². The van der Waals surface area contributed by atoms with E-state index in [4.69, 9.17) is 11.6 Å². The maximum absolute atomic E-state index is 12.5. The van der Waals surface area contributed by atoms with Crippen LogP contribution in [-0.4, -0.2) is 35.6 Å². The zero-order valence-electron chi connectivity index (χ0n) is 15.6. The van der Waals surface area contributed by atoms with Gasteiger partial charge < -0.3 is 10.2 Å². The molecule has 144 valence electrons. The van der Waals surface area contributed by atoms with Crippen LogP contribution in [0.1, 0.15) is 44.6 Å². The Labute approximate surface area is 169 Å². The fraction of sp³-hybridized carbons (Fsp3) is 0.450. The summed E-state index contributed by atoms with van der Waals surface area (Å²) in [6.07, 6.45) is 2.01. The minimum Gasteiger partial charge on any atom is -0.342 e. The maximum Gasteiger partial charge on any atom is 0.232 e. The van der Waals surface area contributed by atoms with Gasteiger partial charge in [0.2, 0.25) is 11.8 Å². The Morgan fingerprint density at radius 3 is 2.48 bits per heavy atom. The number of nitrogens with one attached hydrogen (secondary N) is 1. The molecule has 1 aromatic rings. The van der Waals surface area contributed by atoms with E-state index in [1.54, 1.807) is 12.1 Å². The molecule has 1 aliphatic rings. The SMILES string of the molecule is CCCN(CCC)C(=O)CSC1=C(C#N)[C@H](c2ccc(Cl)cc2)CC(=O)N1. The van der Waals surface area contributed by atoms with Gasteiger partial charge in [0, 0.05) is 30.5 Å². The van der Waals surface area contributed by atoms with Crippen LogP contribution in [0.5, 0.6) is 0 Å². The highest BCUT2D eigenvalue weighted by molar-refractivity contribution is 8.03. The van der Waals surface area contributed by atoms with Crippen molar-refractivity contribution in [3.63, 3.8) is 0 Å². The molecule has 0 saturated heterocycles. The van der Waals surface area contributed by atoms with E-state index in [9.17, 15) is 14.9 Å². The molecule has 1 aromatic carbocycles. The first-order valence-electron chi connectivity index (χ1n) is 9.10. The molecular weight excluding hydrogens is 382 g/mol. The lowest BCUT2D eigenvalue weighted by atomic mass is 9.87. The molecule has 0 unspecified atom stereocenters. The first-order valence-corrected chi connectivity index (χ1v) is 10.5. The summed E-state index contributed by atoms with van der Waals surface area (Å²) in [5.74, 6) is -0.242. The number of hydrogen-bond acceptors (Lipinski definition) is 4. The highest BCUT2D eigenvalue weighted by atomic mass is 35.5. The molecule has 27 heavy (non-hydrogen) atoms. The first-order chi connectivity index (χ1) is 13.0. The molecule has 1 heterocycles. The zero-order chi connectivity index (χ0) is 19.8. The zero-order valence-corrected chi connectivity index (χ0v) is 17.2. The van der Waals surface area contributed by atoms with E-state index >= 15 is 0 Å². The van der Waals surface area contributed by atoms with Crippen molar-refractivity contribution in [2.45, 2.75) is 39.0 Å². The van der Waals surface area contributed by atoms with Gasteiger partial charge >= 0.3 is 0 Å². The Bertz CT molecular complexity index is 749. The van der Waals surface area contributed by atoms with E-state index in [1.165, 1.54) is 11.8 Å². The molecule has 0 bridgehead atoms. The van der Waals surface area contributed by atoms with Crippen molar-refractivity contribution in [1.29, 1.82) is 5.26 Å². The third kappa shape index (κ3) is 5.75. The van der Waals surface area contributed by atoms with Gasteiger partial charge in [-0.3, -0.25) is 9.59 Å². The number of rotatable bonds is 8. The van der Waals surface area contributed by atoms with Gasteiger partial charge in [-0.25, -0.2) is 0 Å². The largest absolute Gasteiger partial charge is 0.342 e. The van der Waals surface area contributed by atoms with E-state index in [-0.39, 0.29) is 29.9 Å². The Balaban J connectivity index is 2.19. The molecule has 0 saturated carbocycles. The van der Waals surface area contributed by atoms with E-state index in [0.29, 0.717) is 15.6 Å². The van der Waals surface area contributed by atoms with Crippen LogP contribution in [0, 0.1) is 11.3 Å². The summed E-state index contributed by atoms with van der Waals surface area (Å²) in [6.45, 7) is 5.52. The van der Waals surface area contributed by atoms with E-state index in [0.717, 1.165) is 31.5 Å². The molecule has 0 radical (unpaired) electrons. The summed E-state index contributed by atoms with van der Waals surface area (Å²) in [5.41, 5.74) is 1.36. The molecular formula is C20H24ClN3O2S. The topological polar surface area (TPSA) is 73.2 Å². The summed E-state index contributed by atoms with van der Waals surface area (Å²) < 4.78 is 0. The number of carbonyl (C=O) groups excluding carboxylic acids is 2. The third-order valence-electron chi connectivity index (χ3n) is 4.31. The van der Waals surface area contributed by atoms with Gasteiger partial charge in [-0.05, 0) is 30.5 Å². The van der Waals surface area contributed by atoms with Crippen molar-refractivity contribution in [2.24, 2.45) is 0 Å². The van der Waals surface area contributed by atoms with Crippen LogP contribution in [0.15, 0.2) is 34.9 Å². The van der Waals surface area contributed by atoms with Gasteiger partial charge in [0.1, 0.15) is 0 Å². The number of hydrogen-bond donors (Lipinski definition) is 1. The van der Waals surface area contributed by atoms with Crippen LogP contribution >= 0.6 is 23.4 Å². The molecule has 1 aliphatic heterocycles. The average Bonchev–Trinajstić information content (AvgIpc) is 2.66. The highest BCUT2D eigenvalue weighted by Gasteiger charge is 2.30. The van der Waals surface area contributed by atoms with Gasteiger partial charge in [-0.15, -0.1) is 0 Å². The van der Waals surface area contributed by atoms with Gasteiger partial charge in [-0.2, -0.15) is 5.26 Å². The maximum atomic E-state index is 12.5. The number of amides is 2. The molecule has 0 spiro atoms.